The molecule has 0 saturated heterocycles. The Balaban J connectivity index is 1.41. The lowest BCUT2D eigenvalue weighted by Crippen LogP contribution is -2.27. The molecule has 0 unspecified atom stereocenters. The van der Waals surface area contributed by atoms with Crippen molar-refractivity contribution in [2.45, 2.75) is 32.2 Å². The molecule has 0 saturated carbocycles. The van der Waals surface area contributed by atoms with Gasteiger partial charge >= 0.3 is 0 Å². The molecule has 4 aromatic rings. The number of nitrogens with one attached hydrogen (secondary N) is 2. The van der Waals surface area contributed by atoms with E-state index in [4.69, 9.17) is 4.98 Å². The van der Waals surface area contributed by atoms with Crippen LogP contribution in [0.15, 0.2) is 66.9 Å². The highest BCUT2D eigenvalue weighted by Gasteiger charge is 2.18. The van der Waals surface area contributed by atoms with Gasteiger partial charge in [-0.15, -0.1) is 0 Å². The van der Waals surface area contributed by atoms with Crippen LogP contribution in [0.1, 0.15) is 29.9 Å². The van der Waals surface area contributed by atoms with Crippen LogP contribution in [0.2, 0.25) is 0 Å². The predicted molar refractivity (Wildman–Crippen MR) is 123 cm³/mol. The van der Waals surface area contributed by atoms with Gasteiger partial charge in [0.05, 0.1) is 29.0 Å². The topological polar surface area (TPSA) is 56.8 Å². The van der Waals surface area contributed by atoms with Crippen LogP contribution >= 0.6 is 0 Å². The minimum atomic E-state index is 0.759. The zero-order chi connectivity index (χ0) is 20.2. The van der Waals surface area contributed by atoms with Crippen molar-refractivity contribution in [3.05, 3.63) is 83.9 Å². The summed E-state index contributed by atoms with van der Waals surface area (Å²) in [4.78, 5) is 15.3. The van der Waals surface area contributed by atoms with Crippen molar-refractivity contribution in [2.24, 2.45) is 0 Å². The Kier molecular flexibility index (Phi) is 5.34. The lowest BCUT2D eigenvalue weighted by atomic mass is 10.0. The molecule has 0 fully saturated rings. The van der Waals surface area contributed by atoms with E-state index in [1.165, 1.54) is 23.4 Å². The van der Waals surface area contributed by atoms with E-state index in [1.54, 1.807) is 0 Å². The second-order valence-electron chi connectivity index (χ2n) is 7.89. The van der Waals surface area contributed by atoms with E-state index in [9.17, 15) is 0 Å². The van der Waals surface area contributed by atoms with E-state index in [-0.39, 0.29) is 0 Å². The number of imidazole rings is 1. The van der Waals surface area contributed by atoms with E-state index in [2.05, 4.69) is 62.6 Å². The molecule has 0 aliphatic carbocycles. The number of aromatic nitrogens is 3. The van der Waals surface area contributed by atoms with Gasteiger partial charge in [-0.3, -0.25) is 4.98 Å². The number of aryl methyl sites for hydroxylation is 2. The molecular formula is C25H27N5. The maximum Gasteiger partial charge on any atom is 0.126 e. The fraction of sp³-hybridized carbons (Fsp3) is 0.280. The van der Waals surface area contributed by atoms with Crippen molar-refractivity contribution in [1.82, 2.24) is 15.0 Å². The van der Waals surface area contributed by atoms with E-state index >= 15 is 0 Å². The van der Waals surface area contributed by atoms with E-state index < -0.39 is 0 Å². The van der Waals surface area contributed by atoms with E-state index in [0.717, 1.165) is 61.4 Å². The SMILES string of the molecule is c1ccc(CCCN(Cc2nc3ccccc3[nH]2)c2cccc3c2NCCC3)nc1. The third kappa shape index (κ3) is 4.01. The molecule has 0 atom stereocenters. The Morgan fingerprint density at radius 1 is 0.967 bits per heavy atom. The van der Waals surface area contributed by atoms with Crippen LogP contribution in [0.4, 0.5) is 11.4 Å². The minimum Gasteiger partial charge on any atom is -0.383 e. The van der Waals surface area contributed by atoms with Gasteiger partial charge in [0.25, 0.3) is 0 Å². The number of hydrogen-bond acceptors (Lipinski definition) is 4. The van der Waals surface area contributed by atoms with Gasteiger partial charge in [0.15, 0.2) is 0 Å². The number of hydrogen-bond donors (Lipinski definition) is 2. The smallest absolute Gasteiger partial charge is 0.126 e. The molecule has 5 rings (SSSR count). The second-order valence-corrected chi connectivity index (χ2v) is 7.89. The first kappa shape index (κ1) is 18.7. The summed E-state index contributed by atoms with van der Waals surface area (Å²) < 4.78 is 0. The molecule has 2 N–H and O–H groups in total. The van der Waals surface area contributed by atoms with E-state index in [1.807, 2.05) is 24.4 Å². The number of para-hydroxylation sites is 3. The van der Waals surface area contributed by atoms with Gasteiger partial charge < -0.3 is 15.2 Å². The fourth-order valence-electron chi connectivity index (χ4n) is 4.30. The molecular weight excluding hydrogens is 370 g/mol. The molecule has 0 spiro atoms. The van der Waals surface area contributed by atoms with Crippen molar-refractivity contribution in [3.8, 4) is 0 Å². The summed E-state index contributed by atoms with van der Waals surface area (Å²) in [6, 6.07) is 21.0. The number of benzene rings is 2. The van der Waals surface area contributed by atoms with Crippen molar-refractivity contribution >= 4 is 22.4 Å². The number of rotatable bonds is 7. The molecule has 30 heavy (non-hydrogen) atoms. The van der Waals surface area contributed by atoms with Gasteiger partial charge in [-0.25, -0.2) is 4.98 Å². The van der Waals surface area contributed by atoms with Gasteiger partial charge in [-0.2, -0.15) is 0 Å². The fourth-order valence-corrected chi connectivity index (χ4v) is 4.30. The number of fused-ring (bicyclic) bond motifs is 2. The molecule has 0 radical (unpaired) electrons. The van der Waals surface area contributed by atoms with Crippen LogP contribution in [0.5, 0.6) is 0 Å². The summed E-state index contributed by atoms with van der Waals surface area (Å²) in [5.41, 5.74) is 7.24. The maximum absolute atomic E-state index is 4.83. The van der Waals surface area contributed by atoms with Gasteiger partial charge in [0.1, 0.15) is 5.82 Å². The highest BCUT2D eigenvalue weighted by atomic mass is 15.2. The average Bonchev–Trinajstić information content (AvgIpc) is 3.21. The van der Waals surface area contributed by atoms with Crippen LogP contribution in [0.3, 0.4) is 0 Å². The number of nitrogens with zero attached hydrogens (tertiary/aromatic N) is 3. The van der Waals surface area contributed by atoms with Gasteiger partial charge in [0, 0.05) is 25.0 Å². The number of anilines is 2. The first-order chi connectivity index (χ1) is 14.9. The molecule has 1 aliphatic heterocycles. The summed E-state index contributed by atoms with van der Waals surface area (Å²) >= 11 is 0. The molecule has 5 heteroatoms. The molecule has 2 aromatic heterocycles. The summed E-state index contributed by atoms with van der Waals surface area (Å²) in [5.74, 6) is 1.00. The summed E-state index contributed by atoms with van der Waals surface area (Å²) in [6.45, 7) is 2.75. The summed E-state index contributed by atoms with van der Waals surface area (Å²) in [5, 5.41) is 3.65. The Morgan fingerprint density at radius 3 is 2.80 bits per heavy atom. The van der Waals surface area contributed by atoms with Crippen molar-refractivity contribution < 1.29 is 0 Å². The van der Waals surface area contributed by atoms with Crippen LogP contribution < -0.4 is 10.2 Å². The maximum atomic E-state index is 4.83. The zero-order valence-corrected chi connectivity index (χ0v) is 17.1. The molecule has 152 valence electrons. The second kappa shape index (κ2) is 8.57. The summed E-state index contributed by atoms with van der Waals surface area (Å²) in [6.07, 6.45) is 6.22. The van der Waals surface area contributed by atoms with Crippen LogP contribution in [0, 0.1) is 0 Å². The highest BCUT2D eigenvalue weighted by Crippen LogP contribution is 2.34. The monoisotopic (exact) mass is 397 g/mol. The van der Waals surface area contributed by atoms with Crippen LogP contribution in [0.25, 0.3) is 11.0 Å². The van der Waals surface area contributed by atoms with Crippen molar-refractivity contribution in [2.75, 3.05) is 23.3 Å². The quantitative estimate of drug-likeness (QED) is 0.463. The molecule has 2 aromatic carbocycles. The van der Waals surface area contributed by atoms with Gasteiger partial charge in [0.2, 0.25) is 0 Å². The Morgan fingerprint density at radius 2 is 1.90 bits per heavy atom. The van der Waals surface area contributed by atoms with Crippen LogP contribution in [-0.4, -0.2) is 28.0 Å². The number of aromatic amines is 1. The molecule has 5 nitrogen and oxygen atoms in total. The molecule has 0 bridgehead atoms. The molecule has 3 heterocycles. The minimum absolute atomic E-state index is 0.759. The van der Waals surface area contributed by atoms with Gasteiger partial charge in [-0.05, 0) is 61.6 Å². The summed E-state index contributed by atoms with van der Waals surface area (Å²) in [7, 11) is 0. The lowest BCUT2D eigenvalue weighted by Gasteiger charge is -2.30. The highest BCUT2D eigenvalue weighted by molar-refractivity contribution is 5.76. The normalized spacial score (nSPS) is 13.1. The third-order valence-electron chi connectivity index (χ3n) is 5.76. The third-order valence-corrected chi connectivity index (χ3v) is 5.76. The first-order valence-corrected chi connectivity index (χ1v) is 10.8. The number of pyridine rings is 1. The Labute approximate surface area is 177 Å². The largest absolute Gasteiger partial charge is 0.383 e. The van der Waals surface area contributed by atoms with Crippen molar-refractivity contribution in [3.63, 3.8) is 0 Å². The van der Waals surface area contributed by atoms with Crippen LogP contribution in [-0.2, 0) is 19.4 Å². The van der Waals surface area contributed by atoms with E-state index in [0.29, 0.717) is 0 Å². The van der Waals surface area contributed by atoms with Gasteiger partial charge in [-0.1, -0.05) is 30.3 Å². The molecule has 0 amide bonds. The van der Waals surface area contributed by atoms with Crippen molar-refractivity contribution in [1.29, 1.82) is 0 Å². The molecule has 1 aliphatic rings. The lowest BCUT2D eigenvalue weighted by molar-refractivity contribution is 0.704. The first-order valence-electron chi connectivity index (χ1n) is 10.8. The Bertz CT molecular complexity index is 1090. The predicted octanol–water partition coefficient (Wildman–Crippen LogP) is 4.96. The number of H-pyrrole nitrogens is 1. The average molecular weight is 398 g/mol. The standard InChI is InChI=1S/C25H27N5/c1-2-13-22-21(12-1)28-24(29-22)18-30(17-7-11-20-10-3-4-15-26-20)23-14-5-8-19-9-6-16-27-25(19)23/h1-5,8,10,12-15,27H,6-7,9,11,16-18H2,(H,28,29). The zero-order valence-electron chi connectivity index (χ0n) is 17.1. The Hall–Kier alpha value is -3.34.